The molecule has 0 amide bonds. The molecule has 0 N–H and O–H groups in total. The van der Waals surface area contributed by atoms with Crippen LogP contribution in [-0.4, -0.2) is 28.9 Å². The lowest BCUT2D eigenvalue weighted by Gasteiger charge is -2.13. The van der Waals surface area contributed by atoms with E-state index in [0.717, 1.165) is 5.75 Å². The number of methoxy groups -OCH3 is 2. The summed E-state index contributed by atoms with van der Waals surface area (Å²) in [4.78, 5) is 4.38. The Morgan fingerprint density at radius 3 is 2.24 bits per heavy atom. The molecule has 0 aromatic heterocycles. The monoisotopic (exact) mass is 431 g/mol. The fourth-order valence-electron chi connectivity index (χ4n) is 2.46. The van der Waals surface area contributed by atoms with Crippen molar-refractivity contribution in [1.29, 1.82) is 0 Å². The summed E-state index contributed by atoms with van der Waals surface area (Å²) in [6.07, 6.45) is 1.59. The van der Waals surface area contributed by atoms with Gasteiger partial charge in [-0.3, -0.25) is 4.99 Å². The molecule has 3 aromatic rings. The fraction of sp³-hybridized carbons (Fsp3) is 0.0952. The van der Waals surface area contributed by atoms with Crippen LogP contribution in [0.3, 0.4) is 0 Å². The smallest absolute Gasteiger partial charge is 0.339 e. The molecule has 0 spiro atoms. The Morgan fingerprint density at radius 2 is 1.62 bits per heavy atom. The van der Waals surface area contributed by atoms with E-state index in [1.165, 1.54) is 19.2 Å². The van der Waals surface area contributed by atoms with E-state index in [4.69, 9.17) is 25.3 Å². The molecule has 0 unspecified atom stereocenters. The maximum absolute atomic E-state index is 12.5. The normalized spacial score (nSPS) is 11.4. The first-order valence-corrected chi connectivity index (χ1v) is 10.3. The van der Waals surface area contributed by atoms with Crippen LogP contribution in [-0.2, 0) is 10.1 Å². The zero-order chi connectivity index (χ0) is 20.9. The number of hydrogen-bond donors (Lipinski definition) is 0. The van der Waals surface area contributed by atoms with Gasteiger partial charge >= 0.3 is 10.1 Å². The molecule has 29 heavy (non-hydrogen) atoms. The van der Waals surface area contributed by atoms with Crippen LogP contribution in [0.4, 0.5) is 5.69 Å². The third-order valence-corrected chi connectivity index (χ3v) is 5.43. The van der Waals surface area contributed by atoms with Crippen molar-refractivity contribution >= 4 is 33.6 Å². The van der Waals surface area contributed by atoms with Gasteiger partial charge in [-0.15, -0.1) is 0 Å². The van der Waals surface area contributed by atoms with E-state index in [1.807, 2.05) is 0 Å². The molecule has 0 atom stereocenters. The van der Waals surface area contributed by atoms with E-state index in [0.29, 0.717) is 11.3 Å². The minimum atomic E-state index is -4.05. The van der Waals surface area contributed by atoms with Crippen LogP contribution in [0.1, 0.15) is 5.56 Å². The molecule has 6 nitrogen and oxygen atoms in total. The second-order valence-corrected chi connectivity index (χ2v) is 7.79. The highest BCUT2D eigenvalue weighted by molar-refractivity contribution is 7.87. The van der Waals surface area contributed by atoms with Gasteiger partial charge in [-0.1, -0.05) is 29.8 Å². The van der Waals surface area contributed by atoms with Gasteiger partial charge in [0.2, 0.25) is 5.75 Å². The van der Waals surface area contributed by atoms with Gasteiger partial charge in [0.05, 0.1) is 24.9 Å². The molecule has 0 fully saturated rings. The van der Waals surface area contributed by atoms with Crippen molar-refractivity contribution in [2.75, 3.05) is 14.2 Å². The quantitative estimate of drug-likeness (QED) is 0.394. The largest absolute Gasteiger partial charge is 0.497 e. The minimum absolute atomic E-state index is 0.0169. The highest BCUT2D eigenvalue weighted by atomic mass is 35.5. The van der Waals surface area contributed by atoms with Gasteiger partial charge in [-0.05, 0) is 54.1 Å². The van der Waals surface area contributed by atoms with Gasteiger partial charge in [0.25, 0.3) is 0 Å². The Kier molecular flexibility index (Phi) is 6.41. The zero-order valence-corrected chi connectivity index (χ0v) is 17.3. The average Bonchev–Trinajstić information content (AvgIpc) is 2.74. The van der Waals surface area contributed by atoms with Crippen LogP contribution in [0.15, 0.2) is 76.6 Å². The molecule has 3 aromatic carbocycles. The topological polar surface area (TPSA) is 74.2 Å². The molecule has 8 heteroatoms. The van der Waals surface area contributed by atoms with Crippen LogP contribution < -0.4 is 13.7 Å². The van der Waals surface area contributed by atoms with E-state index in [1.54, 1.807) is 67.9 Å². The number of halogens is 1. The summed E-state index contributed by atoms with van der Waals surface area (Å²) in [7, 11) is -1.06. The van der Waals surface area contributed by atoms with Gasteiger partial charge in [0.15, 0.2) is 5.75 Å². The highest BCUT2D eigenvalue weighted by Gasteiger charge is 2.21. The Balaban J connectivity index is 1.88. The van der Waals surface area contributed by atoms with E-state index in [2.05, 4.69) is 4.99 Å². The van der Waals surface area contributed by atoms with Gasteiger partial charge < -0.3 is 13.7 Å². The third-order valence-electron chi connectivity index (χ3n) is 3.91. The number of aliphatic imine (C=N–C) groups is 1. The molecule has 0 aliphatic rings. The molecule has 0 saturated heterocycles. The Morgan fingerprint density at radius 1 is 0.931 bits per heavy atom. The Bertz CT molecular complexity index is 1110. The van der Waals surface area contributed by atoms with E-state index in [9.17, 15) is 8.42 Å². The fourth-order valence-corrected chi connectivity index (χ4v) is 3.74. The van der Waals surface area contributed by atoms with Gasteiger partial charge in [0, 0.05) is 6.21 Å². The third kappa shape index (κ3) is 5.07. The lowest BCUT2D eigenvalue weighted by Crippen LogP contribution is -2.10. The second kappa shape index (κ2) is 8.98. The van der Waals surface area contributed by atoms with Gasteiger partial charge in [-0.2, -0.15) is 8.42 Å². The first-order valence-electron chi connectivity index (χ1n) is 8.48. The summed E-state index contributed by atoms with van der Waals surface area (Å²) in [5, 5.41) is 0.0834. The van der Waals surface area contributed by atoms with Crippen molar-refractivity contribution in [3.8, 4) is 17.2 Å². The lowest BCUT2D eigenvalue weighted by molar-refractivity contribution is 0.390. The summed E-state index contributed by atoms with van der Waals surface area (Å²) < 4.78 is 40.6. The number of rotatable bonds is 7. The molecule has 0 bridgehead atoms. The molecule has 0 aliphatic heterocycles. The number of ether oxygens (including phenoxy) is 2. The van der Waals surface area contributed by atoms with Crippen LogP contribution in [0, 0.1) is 0 Å². The predicted molar refractivity (Wildman–Crippen MR) is 113 cm³/mol. The summed E-state index contributed by atoms with van der Waals surface area (Å²) in [5.41, 5.74) is 1.33. The van der Waals surface area contributed by atoms with Crippen molar-refractivity contribution in [1.82, 2.24) is 0 Å². The molecule has 0 saturated carbocycles. The van der Waals surface area contributed by atoms with Crippen LogP contribution >= 0.6 is 11.6 Å². The van der Waals surface area contributed by atoms with Crippen molar-refractivity contribution in [2.45, 2.75) is 4.90 Å². The number of nitrogens with zero attached hydrogens (tertiary/aromatic N) is 1. The SMILES string of the molecule is COc1ccc(N=Cc2cc(Cl)c(OS(=O)(=O)c3ccccc3)c(OC)c2)cc1. The summed E-state index contributed by atoms with van der Waals surface area (Å²) in [5.74, 6) is 0.822. The maximum Gasteiger partial charge on any atom is 0.339 e. The second-order valence-electron chi connectivity index (χ2n) is 5.84. The summed E-state index contributed by atoms with van der Waals surface area (Å²) >= 11 is 6.28. The summed E-state index contributed by atoms with van der Waals surface area (Å²) in [6.45, 7) is 0. The maximum atomic E-state index is 12.5. The number of benzene rings is 3. The van der Waals surface area contributed by atoms with E-state index in [-0.39, 0.29) is 21.4 Å². The van der Waals surface area contributed by atoms with Crippen molar-refractivity contribution in [2.24, 2.45) is 4.99 Å². The van der Waals surface area contributed by atoms with Crippen LogP contribution in [0.2, 0.25) is 5.02 Å². The predicted octanol–water partition coefficient (Wildman–Crippen LogP) is 4.88. The van der Waals surface area contributed by atoms with Crippen LogP contribution in [0.25, 0.3) is 0 Å². The standard InChI is InChI=1S/C21H18ClNO5S/c1-26-17-10-8-16(9-11-17)23-14-15-12-19(22)21(20(13-15)27-2)28-29(24,25)18-6-4-3-5-7-18/h3-14H,1-2H3. The van der Waals surface area contributed by atoms with E-state index >= 15 is 0 Å². The Labute approximate surface area is 174 Å². The Hall–Kier alpha value is -3.03. The lowest BCUT2D eigenvalue weighted by atomic mass is 10.2. The van der Waals surface area contributed by atoms with E-state index < -0.39 is 10.1 Å². The molecule has 0 radical (unpaired) electrons. The first kappa shape index (κ1) is 20.7. The van der Waals surface area contributed by atoms with Gasteiger partial charge in [-0.25, -0.2) is 0 Å². The molecule has 3 rings (SSSR count). The molecule has 0 heterocycles. The van der Waals surface area contributed by atoms with Gasteiger partial charge in [0.1, 0.15) is 10.6 Å². The van der Waals surface area contributed by atoms with Crippen molar-refractivity contribution < 1.29 is 22.1 Å². The van der Waals surface area contributed by atoms with Crippen molar-refractivity contribution in [3.05, 3.63) is 77.3 Å². The zero-order valence-electron chi connectivity index (χ0n) is 15.7. The number of hydrogen-bond acceptors (Lipinski definition) is 6. The summed E-state index contributed by atoms with van der Waals surface area (Å²) in [6, 6.07) is 18.1. The first-order chi connectivity index (χ1) is 13.9. The minimum Gasteiger partial charge on any atom is -0.497 e. The average molecular weight is 432 g/mol. The molecular formula is C21H18ClNO5S. The highest BCUT2D eigenvalue weighted by Crippen LogP contribution is 2.38. The van der Waals surface area contributed by atoms with Crippen molar-refractivity contribution in [3.63, 3.8) is 0 Å². The van der Waals surface area contributed by atoms with Crippen LogP contribution in [0.5, 0.6) is 17.2 Å². The molecular weight excluding hydrogens is 414 g/mol. The molecule has 0 aliphatic carbocycles. The molecule has 150 valence electrons.